The standard InChI is InChI=1S/C26H24N6/c1-4-10-20(11-5-1)16-27-24-23-25(32(19-29-23)18-22-14-8-3-9-15-22)31-26(30-24)28-17-21-12-6-2-7-13-21/h1-15,19H,16-18H2,(H2,27,28,30,31). The summed E-state index contributed by atoms with van der Waals surface area (Å²) >= 11 is 0. The second-order valence-corrected chi connectivity index (χ2v) is 7.60. The maximum absolute atomic E-state index is 4.80. The first kappa shape index (κ1) is 19.8. The second kappa shape index (κ2) is 9.31. The van der Waals surface area contributed by atoms with Gasteiger partial charge in [-0.3, -0.25) is 0 Å². The Morgan fingerprint density at radius 3 is 1.81 bits per heavy atom. The van der Waals surface area contributed by atoms with Gasteiger partial charge < -0.3 is 15.2 Å². The summed E-state index contributed by atoms with van der Waals surface area (Å²) in [5.74, 6) is 1.30. The summed E-state index contributed by atoms with van der Waals surface area (Å²) in [6.07, 6.45) is 1.83. The molecule has 0 aliphatic heterocycles. The van der Waals surface area contributed by atoms with Crippen molar-refractivity contribution in [2.75, 3.05) is 10.6 Å². The lowest BCUT2D eigenvalue weighted by atomic mass is 10.2. The van der Waals surface area contributed by atoms with Crippen LogP contribution >= 0.6 is 0 Å². The number of hydrogen-bond donors (Lipinski definition) is 2. The average Bonchev–Trinajstić information content (AvgIpc) is 3.26. The molecule has 158 valence electrons. The van der Waals surface area contributed by atoms with Gasteiger partial charge in [0.05, 0.1) is 12.9 Å². The fourth-order valence-electron chi connectivity index (χ4n) is 3.60. The van der Waals surface area contributed by atoms with Gasteiger partial charge in [-0.05, 0) is 16.7 Å². The molecule has 0 saturated heterocycles. The van der Waals surface area contributed by atoms with Crippen molar-refractivity contribution in [1.82, 2.24) is 19.5 Å². The molecule has 5 aromatic rings. The molecular weight excluding hydrogens is 396 g/mol. The first-order valence-electron chi connectivity index (χ1n) is 10.7. The minimum absolute atomic E-state index is 0.576. The monoisotopic (exact) mass is 420 g/mol. The van der Waals surface area contributed by atoms with Gasteiger partial charge in [0.25, 0.3) is 0 Å². The highest BCUT2D eigenvalue weighted by molar-refractivity contribution is 5.84. The van der Waals surface area contributed by atoms with Crippen LogP contribution in [0.15, 0.2) is 97.3 Å². The van der Waals surface area contributed by atoms with Crippen LogP contribution in [0.25, 0.3) is 11.2 Å². The van der Waals surface area contributed by atoms with E-state index in [1.54, 1.807) is 0 Å². The van der Waals surface area contributed by atoms with Crippen LogP contribution in [-0.2, 0) is 19.6 Å². The van der Waals surface area contributed by atoms with Crippen LogP contribution in [0.1, 0.15) is 16.7 Å². The van der Waals surface area contributed by atoms with Gasteiger partial charge >= 0.3 is 0 Å². The maximum atomic E-state index is 4.80. The Bertz CT molecular complexity index is 1280. The predicted molar refractivity (Wildman–Crippen MR) is 128 cm³/mol. The van der Waals surface area contributed by atoms with Crippen LogP contribution in [0.4, 0.5) is 11.8 Å². The van der Waals surface area contributed by atoms with Crippen molar-refractivity contribution < 1.29 is 0 Å². The Balaban J connectivity index is 1.46. The minimum atomic E-state index is 0.576. The van der Waals surface area contributed by atoms with Gasteiger partial charge in [0.15, 0.2) is 17.0 Å². The van der Waals surface area contributed by atoms with E-state index in [-0.39, 0.29) is 0 Å². The number of benzene rings is 3. The van der Waals surface area contributed by atoms with E-state index in [9.17, 15) is 0 Å². The lowest BCUT2D eigenvalue weighted by Crippen LogP contribution is -2.09. The molecule has 3 aromatic carbocycles. The van der Waals surface area contributed by atoms with Crippen molar-refractivity contribution in [1.29, 1.82) is 0 Å². The van der Waals surface area contributed by atoms with E-state index in [0.29, 0.717) is 25.6 Å². The Labute approximate surface area is 187 Å². The number of imidazole rings is 1. The largest absolute Gasteiger partial charge is 0.364 e. The van der Waals surface area contributed by atoms with Crippen LogP contribution in [0, 0.1) is 0 Å². The summed E-state index contributed by atoms with van der Waals surface area (Å²) in [5, 5.41) is 6.82. The van der Waals surface area contributed by atoms with Crippen LogP contribution in [0.2, 0.25) is 0 Å². The maximum Gasteiger partial charge on any atom is 0.227 e. The Kier molecular flexibility index (Phi) is 5.74. The number of fused-ring (bicyclic) bond motifs is 1. The molecule has 6 heteroatoms. The molecule has 0 fully saturated rings. The van der Waals surface area contributed by atoms with Crippen LogP contribution in [0.5, 0.6) is 0 Å². The van der Waals surface area contributed by atoms with Gasteiger partial charge in [0, 0.05) is 13.1 Å². The highest BCUT2D eigenvalue weighted by Crippen LogP contribution is 2.23. The molecule has 2 N–H and O–H groups in total. The molecule has 0 atom stereocenters. The van der Waals surface area contributed by atoms with Gasteiger partial charge in [0.1, 0.15) is 0 Å². The fourth-order valence-corrected chi connectivity index (χ4v) is 3.60. The average molecular weight is 421 g/mol. The Morgan fingerprint density at radius 1 is 0.625 bits per heavy atom. The molecule has 0 saturated carbocycles. The summed E-state index contributed by atoms with van der Waals surface area (Å²) in [6.45, 7) is 2.01. The first-order chi connectivity index (χ1) is 15.8. The van der Waals surface area contributed by atoms with Crippen LogP contribution in [-0.4, -0.2) is 19.5 Å². The summed E-state index contributed by atoms with van der Waals surface area (Å²) < 4.78 is 2.06. The summed E-state index contributed by atoms with van der Waals surface area (Å²) in [6, 6.07) is 30.8. The van der Waals surface area contributed by atoms with Crippen LogP contribution in [0.3, 0.4) is 0 Å². The van der Waals surface area contributed by atoms with Gasteiger partial charge in [-0.1, -0.05) is 91.0 Å². The van der Waals surface area contributed by atoms with Gasteiger partial charge in [-0.2, -0.15) is 9.97 Å². The van der Waals surface area contributed by atoms with Crippen molar-refractivity contribution in [3.63, 3.8) is 0 Å². The third-order valence-corrected chi connectivity index (χ3v) is 5.26. The molecule has 0 spiro atoms. The Hall–Kier alpha value is -4.19. The van der Waals surface area contributed by atoms with E-state index in [4.69, 9.17) is 9.97 Å². The zero-order chi connectivity index (χ0) is 21.6. The quantitative estimate of drug-likeness (QED) is 0.366. The zero-order valence-corrected chi connectivity index (χ0v) is 17.6. The summed E-state index contributed by atoms with van der Waals surface area (Å²) in [7, 11) is 0. The summed E-state index contributed by atoms with van der Waals surface area (Å²) in [4.78, 5) is 14.2. The highest BCUT2D eigenvalue weighted by atomic mass is 15.2. The molecule has 0 unspecified atom stereocenters. The van der Waals surface area contributed by atoms with E-state index in [2.05, 4.69) is 56.6 Å². The highest BCUT2D eigenvalue weighted by Gasteiger charge is 2.14. The lowest BCUT2D eigenvalue weighted by Gasteiger charge is -2.11. The molecular formula is C26H24N6. The molecule has 2 aromatic heterocycles. The molecule has 32 heavy (non-hydrogen) atoms. The van der Waals surface area contributed by atoms with E-state index >= 15 is 0 Å². The lowest BCUT2D eigenvalue weighted by molar-refractivity contribution is 0.813. The molecule has 0 bridgehead atoms. The molecule has 2 heterocycles. The van der Waals surface area contributed by atoms with E-state index in [1.807, 2.05) is 60.9 Å². The Morgan fingerprint density at radius 2 is 1.19 bits per heavy atom. The summed E-state index contributed by atoms with van der Waals surface area (Å²) in [5.41, 5.74) is 5.12. The van der Waals surface area contributed by atoms with Crippen molar-refractivity contribution >= 4 is 22.9 Å². The number of nitrogens with one attached hydrogen (secondary N) is 2. The third kappa shape index (κ3) is 4.59. The van der Waals surface area contributed by atoms with E-state index in [1.165, 1.54) is 16.7 Å². The molecule has 0 amide bonds. The molecule has 0 aliphatic rings. The second-order valence-electron chi connectivity index (χ2n) is 7.60. The normalized spacial score (nSPS) is 10.9. The van der Waals surface area contributed by atoms with Gasteiger partial charge in [0.2, 0.25) is 5.95 Å². The number of nitrogens with zero attached hydrogens (tertiary/aromatic N) is 4. The number of hydrogen-bond acceptors (Lipinski definition) is 5. The molecule has 0 radical (unpaired) electrons. The molecule has 6 nitrogen and oxygen atoms in total. The fraction of sp³-hybridized carbons (Fsp3) is 0.115. The topological polar surface area (TPSA) is 67.7 Å². The van der Waals surface area contributed by atoms with Crippen molar-refractivity contribution in [3.05, 3.63) is 114 Å². The van der Waals surface area contributed by atoms with Crippen molar-refractivity contribution in [3.8, 4) is 0 Å². The minimum Gasteiger partial charge on any atom is -0.364 e. The number of anilines is 2. The number of aromatic nitrogens is 4. The van der Waals surface area contributed by atoms with Crippen molar-refractivity contribution in [2.45, 2.75) is 19.6 Å². The van der Waals surface area contributed by atoms with Gasteiger partial charge in [-0.15, -0.1) is 0 Å². The SMILES string of the molecule is c1ccc(CNc2nc(NCc3ccccc3)c3ncn(Cc4ccccc4)c3n2)cc1. The first-order valence-corrected chi connectivity index (χ1v) is 10.7. The third-order valence-electron chi connectivity index (χ3n) is 5.26. The zero-order valence-electron chi connectivity index (χ0n) is 17.6. The van der Waals surface area contributed by atoms with Crippen molar-refractivity contribution in [2.24, 2.45) is 0 Å². The molecule has 5 rings (SSSR count). The smallest absolute Gasteiger partial charge is 0.227 e. The van der Waals surface area contributed by atoms with E-state index < -0.39 is 0 Å². The predicted octanol–water partition coefficient (Wildman–Crippen LogP) is 5.10. The van der Waals surface area contributed by atoms with Crippen LogP contribution < -0.4 is 10.6 Å². The number of rotatable bonds is 8. The van der Waals surface area contributed by atoms with E-state index in [0.717, 1.165) is 17.0 Å². The molecule has 0 aliphatic carbocycles. The van der Waals surface area contributed by atoms with Gasteiger partial charge in [-0.25, -0.2) is 4.98 Å².